The van der Waals surface area contributed by atoms with E-state index in [1.54, 1.807) is 6.07 Å². The molecule has 0 bridgehead atoms. The van der Waals surface area contributed by atoms with Crippen molar-refractivity contribution < 1.29 is 9.90 Å². The van der Waals surface area contributed by atoms with Gasteiger partial charge < -0.3 is 9.67 Å². The predicted molar refractivity (Wildman–Crippen MR) is 93.0 cm³/mol. The molecule has 0 unspecified atom stereocenters. The molecule has 1 N–H and O–H groups in total. The van der Waals surface area contributed by atoms with Crippen molar-refractivity contribution in [3.8, 4) is 0 Å². The maximum atomic E-state index is 11.6. The number of carboxylic acid groups (broad SMARTS) is 1. The Morgan fingerprint density at radius 1 is 1.17 bits per heavy atom. The van der Waals surface area contributed by atoms with E-state index < -0.39 is 5.97 Å². The van der Waals surface area contributed by atoms with Gasteiger partial charge in [-0.3, -0.25) is 4.90 Å². The van der Waals surface area contributed by atoms with E-state index in [0.717, 1.165) is 30.5 Å². The molecule has 1 aliphatic rings. The van der Waals surface area contributed by atoms with Crippen molar-refractivity contribution in [2.45, 2.75) is 52.1 Å². The molecule has 1 aromatic heterocycles. The molecule has 4 nitrogen and oxygen atoms in total. The zero-order valence-corrected chi connectivity index (χ0v) is 14.1. The number of likely N-dealkylation sites (tertiary alicyclic amines) is 1. The van der Waals surface area contributed by atoms with Crippen LogP contribution >= 0.6 is 0 Å². The number of hydrogen-bond acceptors (Lipinski definition) is 2. The normalized spacial score (nSPS) is 16.8. The van der Waals surface area contributed by atoms with Gasteiger partial charge in [0.15, 0.2) is 0 Å². The molecule has 0 atom stereocenters. The molecular weight excluding hydrogens is 288 g/mol. The maximum Gasteiger partial charge on any atom is 0.337 e. The highest BCUT2D eigenvalue weighted by molar-refractivity contribution is 6.03. The Bertz CT molecular complexity index is 695. The number of carbonyl (C=O) groups is 1. The summed E-state index contributed by atoms with van der Waals surface area (Å²) in [6.45, 7) is 7.42. The van der Waals surface area contributed by atoms with Crippen LogP contribution in [0.5, 0.6) is 0 Å². The van der Waals surface area contributed by atoms with Gasteiger partial charge in [0.1, 0.15) is 0 Å². The Balaban J connectivity index is 2.03. The Kier molecular flexibility index (Phi) is 4.71. The van der Waals surface area contributed by atoms with E-state index in [2.05, 4.69) is 35.6 Å². The van der Waals surface area contributed by atoms with Crippen molar-refractivity contribution in [1.29, 1.82) is 0 Å². The second-order valence-electron chi connectivity index (χ2n) is 6.85. The van der Waals surface area contributed by atoms with E-state index in [1.807, 2.05) is 6.07 Å². The monoisotopic (exact) mass is 314 g/mol. The highest BCUT2D eigenvalue weighted by Gasteiger charge is 2.19. The zero-order chi connectivity index (χ0) is 16.4. The number of para-hydroxylation sites is 1. The van der Waals surface area contributed by atoms with Crippen molar-refractivity contribution in [2.24, 2.45) is 0 Å². The van der Waals surface area contributed by atoms with Crippen molar-refractivity contribution >= 4 is 16.9 Å². The summed E-state index contributed by atoms with van der Waals surface area (Å²) in [5.74, 6) is -0.850. The second-order valence-corrected chi connectivity index (χ2v) is 6.85. The molecule has 0 amide bonds. The largest absolute Gasteiger partial charge is 0.478 e. The highest BCUT2D eigenvalue weighted by atomic mass is 16.4. The lowest BCUT2D eigenvalue weighted by atomic mass is 10.1. The number of benzene rings is 1. The number of aromatic carboxylic acids is 1. The van der Waals surface area contributed by atoms with Gasteiger partial charge in [0.05, 0.1) is 11.1 Å². The molecule has 0 saturated carbocycles. The molecule has 124 valence electrons. The molecule has 1 aromatic carbocycles. The number of fused-ring (bicyclic) bond motifs is 1. The number of carboxylic acids is 1. The van der Waals surface area contributed by atoms with Gasteiger partial charge in [0.2, 0.25) is 0 Å². The van der Waals surface area contributed by atoms with E-state index in [1.165, 1.54) is 31.2 Å². The van der Waals surface area contributed by atoms with Gasteiger partial charge in [-0.1, -0.05) is 25.0 Å². The summed E-state index contributed by atoms with van der Waals surface area (Å²) in [6.07, 6.45) is 7.35. The Hall–Kier alpha value is -1.81. The summed E-state index contributed by atoms with van der Waals surface area (Å²) < 4.78 is 2.12. The number of aromatic nitrogens is 1. The third-order valence-corrected chi connectivity index (χ3v) is 4.81. The molecule has 2 aromatic rings. The van der Waals surface area contributed by atoms with Crippen LogP contribution in [0.3, 0.4) is 0 Å². The molecule has 0 aliphatic carbocycles. The van der Waals surface area contributed by atoms with Gasteiger partial charge in [-0.2, -0.15) is 0 Å². The number of rotatable bonds is 4. The summed E-state index contributed by atoms with van der Waals surface area (Å²) in [5, 5.41) is 10.6. The maximum absolute atomic E-state index is 11.6. The van der Waals surface area contributed by atoms with E-state index in [4.69, 9.17) is 0 Å². The summed E-state index contributed by atoms with van der Waals surface area (Å²) in [4.78, 5) is 14.1. The fourth-order valence-electron chi connectivity index (χ4n) is 3.62. The SMILES string of the molecule is CC(C)n1cc(CN2CCCCCC2)c2cccc(C(=O)O)c21. The lowest BCUT2D eigenvalue weighted by Gasteiger charge is -2.19. The van der Waals surface area contributed by atoms with Crippen molar-refractivity contribution in [1.82, 2.24) is 9.47 Å². The van der Waals surface area contributed by atoms with Crippen LogP contribution < -0.4 is 0 Å². The standard InChI is InChI=1S/C19H26N2O2/c1-14(2)21-13-15(12-20-10-5-3-4-6-11-20)16-8-7-9-17(18(16)21)19(22)23/h7-9,13-14H,3-6,10-12H2,1-2H3,(H,22,23). The summed E-state index contributed by atoms with van der Waals surface area (Å²) in [5.41, 5.74) is 2.51. The van der Waals surface area contributed by atoms with Crippen molar-refractivity contribution in [3.05, 3.63) is 35.5 Å². The van der Waals surface area contributed by atoms with Crippen LogP contribution in [0.4, 0.5) is 0 Å². The molecule has 2 heterocycles. The van der Waals surface area contributed by atoms with Gasteiger partial charge >= 0.3 is 5.97 Å². The summed E-state index contributed by atoms with van der Waals surface area (Å²) >= 11 is 0. The van der Waals surface area contributed by atoms with Gasteiger partial charge in [-0.15, -0.1) is 0 Å². The predicted octanol–water partition coefficient (Wildman–Crippen LogP) is 4.30. The number of hydrogen-bond donors (Lipinski definition) is 1. The van der Waals surface area contributed by atoms with Crippen LogP contribution in [0.1, 0.15) is 61.5 Å². The van der Waals surface area contributed by atoms with Crippen LogP contribution in [0.15, 0.2) is 24.4 Å². The zero-order valence-electron chi connectivity index (χ0n) is 14.1. The van der Waals surface area contributed by atoms with Crippen LogP contribution in [-0.2, 0) is 6.54 Å². The smallest absolute Gasteiger partial charge is 0.337 e. The minimum absolute atomic E-state index is 0.246. The van der Waals surface area contributed by atoms with Crippen LogP contribution in [0.2, 0.25) is 0 Å². The Morgan fingerprint density at radius 2 is 1.87 bits per heavy atom. The molecular formula is C19H26N2O2. The van der Waals surface area contributed by atoms with Gasteiger partial charge in [0, 0.05) is 24.2 Å². The van der Waals surface area contributed by atoms with E-state index >= 15 is 0 Å². The summed E-state index contributed by atoms with van der Waals surface area (Å²) in [7, 11) is 0. The fraction of sp³-hybridized carbons (Fsp3) is 0.526. The lowest BCUT2D eigenvalue weighted by Crippen LogP contribution is -2.23. The fourth-order valence-corrected chi connectivity index (χ4v) is 3.62. The van der Waals surface area contributed by atoms with E-state index in [-0.39, 0.29) is 6.04 Å². The third-order valence-electron chi connectivity index (χ3n) is 4.81. The summed E-state index contributed by atoms with van der Waals surface area (Å²) in [6, 6.07) is 5.88. The Morgan fingerprint density at radius 3 is 2.48 bits per heavy atom. The first kappa shape index (κ1) is 16.1. The average molecular weight is 314 g/mol. The molecule has 4 heteroatoms. The molecule has 0 spiro atoms. The first-order valence-corrected chi connectivity index (χ1v) is 8.66. The molecule has 1 saturated heterocycles. The van der Waals surface area contributed by atoms with Gasteiger partial charge in [-0.05, 0) is 51.4 Å². The molecule has 0 radical (unpaired) electrons. The highest BCUT2D eigenvalue weighted by Crippen LogP contribution is 2.29. The Labute approximate surface area is 137 Å². The van der Waals surface area contributed by atoms with Gasteiger partial charge in [0.25, 0.3) is 0 Å². The van der Waals surface area contributed by atoms with E-state index in [0.29, 0.717) is 5.56 Å². The first-order chi connectivity index (χ1) is 11.1. The molecule has 23 heavy (non-hydrogen) atoms. The third kappa shape index (κ3) is 3.27. The second kappa shape index (κ2) is 6.75. The number of nitrogens with zero attached hydrogens (tertiary/aromatic N) is 2. The first-order valence-electron chi connectivity index (χ1n) is 8.66. The van der Waals surface area contributed by atoms with Crippen molar-refractivity contribution in [2.75, 3.05) is 13.1 Å². The quantitative estimate of drug-likeness (QED) is 0.915. The lowest BCUT2D eigenvalue weighted by molar-refractivity contribution is 0.0698. The van der Waals surface area contributed by atoms with Crippen LogP contribution in [0.25, 0.3) is 10.9 Å². The minimum atomic E-state index is -0.850. The topological polar surface area (TPSA) is 45.5 Å². The average Bonchev–Trinajstić information content (AvgIpc) is 2.70. The van der Waals surface area contributed by atoms with Gasteiger partial charge in [-0.25, -0.2) is 4.79 Å². The molecule has 3 rings (SSSR count). The van der Waals surface area contributed by atoms with E-state index in [9.17, 15) is 9.90 Å². The van der Waals surface area contributed by atoms with Crippen LogP contribution in [0, 0.1) is 0 Å². The van der Waals surface area contributed by atoms with Crippen molar-refractivity contribution in [3.63, 3.8) is 0 Å². The van der Waals surface area contributed by atoms with Crippen LogP contribution in [-0.4, -0.2) is 33.6 Å². The minimum Gasteiger partial charge on any atom is -0.478 e. The molecule has 1 aliphatic heterocycles. The molecule has 1 fully saturated rings.